The monoisotopic (exact) mass is 448 g/mol. The summed E-state index contributed by atoms with van der Waals surface area (Å²) >= 11 is 1.43. The molecule has 0 spiro atoms. The standard InChI is InChI=1S/C23H20N4O4S/c1-13-9-10-17(27(30)31)21(14(13)2)25-18(28)11-26-12-24-22-20(23(26)29)19(15(3)32-22)16-7-5-4-6-8-16/h4-10,12H,11H2,1-3H3,(H,25,28). The van der Waals surface area contributed by atoms with Crippen LogP contribution < -0.4 is 10.9 Å². The molecular formula is C23H20N4O4S. The van der Waals surface area contributed by atoms with E-state index < -0.39 is 10.8 Å². The molecule has 0 fully saturated rings. The van der Waals surface area contributed by atoms with Crippen LogP contribution in [0.25, 0.3) is 21.3 Å². The van der Waals surface area contributed by atoms with Crippen LogP contribution in [0.5, 0.6) is 0 Å². The van der Waals surface area contributed by atoms with Gasteiger partial charge >= 0.3 is 0 Å². The smallest absolute Gasteiger partial charge is 0.293 e. The maximum atomic E-state index is 13.3. The van der Waals surface area contributed by atoms with E-state index in [4.69, 9.17) is 0 Å². The van der Waals surface area contributed by atoms with Gasteiger partial charge < -0.3 is 5.32 Å². The molecule has 0 aliphatic rings. The number of carbonyl (C=O) groups is 1. The molecule has 2 aromatic carbocycles. The lowest BCUT2D eigenvalue weighted by Crippen LogP contribution is -2.28. The largest absolute Gasteiger partial charge is 0.319 e. The highest BCUT2D eigenvalue weighted by Crippen LogP contribution is 2.35. The number of benzene rings is 2. The first-order valence-electron chi connectivity index (χ1n) is 9.86. The highest BCUT2D eigenvalue weighted by Gasteiger charge is 2.21. The van der Waals surface area contributed by atoms with Crippen LogP contribution in [0.2, 0.25) is 0 Å². The number of nitrogens with zero attached hydrogens (tertiary/aromatic N) is 3. The summed E-state index contributed by atoms with van der Waals surface area (Å²) < 4.78 is 1.23. The molecule has 1 N–H and O–H groups in total. The summed E-state index contributed by atoms with van der Waals surface area (Å²) in [5.74, 6) is -0.543. The summed E-state index contributed by atoms with van der Waals surface area (Å²) in [6.45, 7) is 5.14. The van der Waals surface area contributed by atoms with Gasteiger partial charge in [0.1, 0.15) is 17.1 Å². The number of anilines is 1. The van der Waals surface area contributed by atoms with E-state index in [2.05, 4.69) is 10.3 Å². The Morgan fingerprint density at radius 1 is 1.16 bits per heavy atom. The van der Waals surface area contributed by atoms with E-state index in [1.165, 1.54) is 28.3 Å². The van der Waals surface area contributed by atoms with Gasteiger partial charge in [0.05, 0.1) is 16.6 Å². The molecule has 4 rings (SSSR count). The molecular weight excluding hydrogens is 428 g/mol. The van der Waals surface area contributed by atoms with E-state index in [0.717, 1.165) is 21.6 Å². The maximum Gasteiger partial charge on any atom is 0.293 e. The highest BCUT2D eigenvalue weighted by molar-refractivity contribution is 7.19. The highest BCUT2D eigenvalue weighted by atomic mass is 32.1. The fourth-order valence-corrected chi connectivity index (χ4v) is 4.65. The van der Waals surface area contributed by atoms with Gasteiger partial charge in [0.25, 0.3) is 11.2 Å². The fourth-order valence-electron chi connectivity index (χ4n) is 3.65. The molecule has 2 aromatic heterocycles. The van der Waals surface area contributed by atoms with Crippen LogP contribution in [0.1, 0.15) is 16.0 Å². The molecule has 2 heterocycles. The molecule has 4 aromatic rings. The first-order valence-corrected chi connectivity index (χ1v) is 10.7. The minimum Gasteiger partial charge on any atom is -0.319 e. The van der Waals surface area contributed by atoms with Crippen molar-refractivity contribution in [2.45, 2.75) is 27.3 Å². The van der Waals surface area contributed by atoms with Crippen molar-refractivity contribution in [2.75, 3.05) is 5.32 Å². The van der Waals surface area contributed by atoms with Gasteiger partial charge in [0.15, 0.2) is 0 Å². The van der Waals surface area contributed by atoms with Gasteiger partial charge in [-0.1, -0.05) is 36.4 Å². The second-order valence-electron chi connectivity index (χ2n) is 7.46. The zero-order valence-corrected chi connectivity index (χ0v) is 18.5. The lowest BCUT2D eigenvalue weighted by atomic mass is 10.0. The van der Waals surface area contributed by atoms with E-state index >= 15 is 0 Å². The predicted octanol–water partition coefficient (Wildman–Crippen LogP) is 4.60. The predicted molar refractivity (Wildman–Crippen MR) is 125 cm³/mol. The third-order valence-electron chi connectivity index (χ3n) is 5.41. The second-order valence-corrected chi connectivity index (χ2v) is 8.67. The summed E-state index contributed by atoms with van der Waals surface area (Å²) in [6.07, 6.45) is 1.34. The van der Waals surface area contributed by atoms with Crippen LogP contribution in [0.15, 0.2) is 53.6 Å². The Kier molecular flexibility index (Phi) is 5.58. The molecule has 9 heteroatoms. The van der Waals surface area contributed by atoms with Crippen molar-refractivity contribution >= 4 is 38.8 Å². The Hall–Kier alpha value is -3.85. The van der Waals surface area contributed by atoms with Crippen molar-refractivity contribution in [1.82, 2.24) is 9.55 Å². The van der Waals surface area contributed by atoms with Crippen LogP contribution in [0.3, 0.4) is 0 Å². The van der Waals surface area contributed by atoms with Crippen LogP contribution in [0, 0.1) is 30.9 Å². The van der Waals surface area contributed by atoms with Crippen molar-refractivity contribution in [3.05, 3.63) is 85.3 Å². The molecule has 0 saturated carbocycles. The number of hydrogen-bond donors (Lipinski definition) is 1. The molecule has 0 unspecified atom stereocenters. The van der Waals surface area contributed by atoms with Crippen molar-refractivity contribution in [3.63, 3.8) is 0 Å². The molecule has 0 atom stereocenters. The van der Waals surface area contributed by atoms with Gasteiger partial charge in [-0.3, -0.25) is 24.3 Å². The molecule has 32 heavy (non-hydrogen) atoms. The lowest BCUT2D eigenvalue weighted by molar-refractivity contribution is -0.384. The SMILES string of the molecule is Cc1ccc([N+](=O)[O-])c(NC(=O)Cn2cnc3sc(C)c(-c4ccccc4)c3c2=O)c1C. The average Bonchev–Trinajstić information content (AvgIpc) is 3.10. The number of fused-ring (bicyclic) bond motifs is 1. The van der Waals surface area contributed by atoms with Gasteiger partial charge in [-0.05, 0) is 37.5 Å². The number of carbonyl (C=O) groups excluding carboxylic acids is 1. The second kappa shape index (κ2) is 8.35. The van der Waals surface area contributed by atoms with Gasteiger partial charge in [-0.25, -0.2) is 4.98 Å². The minimum absolute atomic E-state index is 0.137. The van der Waals surface area contributed by atoms with E-state index in [0.29, 0.717) is 15.8 Å². The van der Waals surface area contributed by atoms with Crippen LogP contribution >= 0.6 is 11.3 Å². The summed E-state index contributed by atoms with van der Waals surface area (Å²) in [5, 5.41) is 14.5. The summed E-state index contributed by atoms with van der Waals surface area (Å²) in [5.41, 5.74) is 2.75. The van der Waals surface area contributed by atoms with Crippen molar-refractivity contribution in [1.29, 1.82) is 0 Å². The number of nitro benzene ring substituents is 1. The molecule has 0 saturated heterocycles. The third-order valence-corrected chi connectivity index (χ3v) is 6.42. The Morgan fingerprint density at radius 3 is 2.56 bits per heavy atom. The molecule has 0 bridgehead atoms. The summed E-state index contributed by atoms with van der Waals surface area (Å²) in [7, 11) is 0. The van der Waals surface area contributed by atoms with Crippen molar-refractivity contribution in [2.24, 2.45) is 0 Å². The number of thiophene rings is 1. The van der Waals surface area contributed by atoms with Gasteiger partial charge in [-0.15, -0.1) is 11.3 Å². The number of nitrogens with one attached hydrogen (secondary N) is 1. The number of amides is 1. The van der Waals surface area contributed by atoms with Crippen molar-refractivity contribution in [3.8, 4) is 11.1 Å². The van der Waals surface area contributed by atoms with Crippen LogP contribution in [0.4, 0.5) is 11.4 Å². The Bertz CT molecular complexity index is 1420. The molecule has 0 radical (unpaired) electrons. The topological polar surface area (TPSA) is 107 Å². The number of aryl methyl sites for hydroxylation is 2. The van der Waals surface area contributed by atoms with E-state index in [9.17, 15) is 19.7 Å². The fraction of sp³-hybridized carbons (Fsp3) is 0.174. The van der Waals surface area contributed by atoms with Crippen LogP contribution in [-0.4, -0.2) is 20.4 Å². The molecule has 1 amide bonds. The Morgan fingerprint density at radius 2 is 1.88 bits per heavy atom. The molecule has 0 aliphatic carbocycles. The van der Waals surface area contributed by atoms with E-state index in [1.54, 1.807) is 19.9 Å². The summed E-state index contributed by atoms with van der Waals surface area (Å²) in [6, 6.07) is 12.6. The third kappa shape index (κ3) is 3.78. The molecule has 162 valence electrons. The number of rotatable bonds is 5. The quantitative estimate of drug-likeness (QED) is 0.355. The zero-order valence-electron chi connectivity index (χ0n) is 17.7. The van der Waals surface area contributed by atoms with E-state index in [-0.39, 0.29) is 23.5 Å². The number of aromatic nitrogens is 2. The lowest BCUT2D eigenvalue weighted by Gasteiger charge is -2.12. The van der Waals surface area contributed by atoms with Gasteiger partial charge in [-0.2, -0.15) is 0 Å². The Labute approximate surface area is 187 Å². The minimum atomic E-state index is -0.543. The van der Waals surface area contributed by atoms with E-state index in [1.807, 2.05) is 37.3 Å². The summed E-state index contributed by atoms with van der Waals surface area (Å²) in [4.78, 5) is 42.8. The van der Waals surface area contributed by atoms with Crippen LogP contribution in [-0.2, 0) is 11.3 Å². The number of hydrogen-bond acceptors (Lipinski definition) is 6. The Balaban J connectivity index is 1.72. The normalized spacial score (nSPS) is 11.0. The maximum absolute atomic E-state index is 13.3. The average molecular weight is 449 g/mol. The first-order chi connectivity index (χ1) is 15.3. The zero-order chi connectivity index (χ0) is 23.0. The van der Waals surface area contributed by atoms with Crippen molar-refractivity contribution < 1.29 is 9.72 Å². The van der Waals surface area contributed by atoms with Gasteiger partial charge in [0.2, 0.25) is 5.91 Å². The molecule has 0 aliphatic heterocycles. The molecule has 8 nitrogen and oxygen atoms in total. The van der Waals surface area contributed by atoms with Gasteiger partial charge in [0, 0.05) is 16.5 Å². The number of nitro groups is 1. The first kappa shape index (κ1) is 21.4.